The Morgan fingerprint density at radius 2 is 1.65 bits per heavy atom. The summed E-state index contributed by atoms with van der Waals surface area (Å²) in [7, 11) is 3.01. The van der Waals surface area contributed by atoms with E-state index in [4.69, 9.17) is 14.5 Å². The largest absolute Gasteiger partial charge is 2.00 e. The van der Waals surface area contributed by atoms with Crippen molar-refractivity contribution in [3.63, 3.8) is 0 Å². The molecule has 1 fully saturated rings. The Morgan fingerprint density at radius 3 is 2.30 bits per heavy atom. The van der Waals surface area contributed by atoms with Crippen LogP contribution in [0.15, 0.2) is 82.8 Å². The minimum atomic E-state index is -1.41. The molecule has 0 unspecified atom stereocenters. The first-order chi connectivity index (χ1) is 20.4. The number of rotatable bonds is 13. The molecule has 0 spiro atoms. The van der Waals surface area contributed by atoms with Gasteiger partial charge in [-0.3, -0.25) is 14.9 Å². The maximum absolute atomic E-state index is 13.0. The zero-order valence-electron chi connectivity index (χ0n) is 24.4. The van der Waals surface area contributed by atoms with Crippen molar-refractivity contribution in [2.75, 3.05) is 40.5 Å². The maximum Gasteiger partial charge on any atom is 2.00 e. The van der Waals surface area contributed by atoms with Gasteiger partial charge >= 0.3 is 16.5 Å². The molecule has 9 nitrogen and oxygen atoms in total. The van der Waals surface area contributed by atoms with Gasteiger partial charge in [-0.25, -0.2) is 0 Å². The van der Waals surface area contributed by atoms with Crippen LogP contribution in [-0.2, 0) is 21.3 Å². The summed E-state index contributed by atoms with van der Waals surface area (Å²) in [6, 6.07) is 19.9. The first kappa shape index (κ1) is 33.8. The molecule has 43 heavy (non-hydrogen) atoms. The van der Waals surface area contributed by atoms with Crippen LogP contribution in [-0.4, -0.2) is 74.1 Å². The first-order valence-electron chi connectivity index (χ1n) is 14.2. The quantitative estimate of drug-likeness (QED) is 0.175. The van der Waals surface area contributed by atoms with Gasteiger partial charge in [-0.1, -0.05) is 61.0 Å². The molecule has 1 heterocycles. The third-order valence-corrected chi connectivity index (χ3v) is 7.43. The van der Waals surface area contributed by atoms with Crippen molar-refractivity contribution in [3.05, 3.63) is 89.5 Å². The molecule has 0 amide bonds. The number of benzene rings is 3. The number of para-hydroxylation sites is 1. The van der Waals surface area contributed by atoms with E-state index in [-0.39, 0.29) is 42.0 Å². The van der Waals surface area contributed by atoms with Gasteiger partial charge in [-0.2, -0.15) is 0 Å². The van der Waals surface area contributed by atoms with Gasteiger partial charge in [0.05, 0.1) is 37.6 Å². The molecule has 0 aliphatic carbocycles. The molecule has 230 valence electrons. The van der Waals surface area contributed by atoms with E-state index in [9.17, 15) is 20.1 Å². The molecule has 0 saturated carbocycles. The van der Waals surface area contributed by atoms with Gasteiger partial charge in [0.1, 0.15) is 11.5 Å². The minimum Gasteiger partial charge on any atom is -0.861 e. The van der Waals surface area contributed by atoms with E-state index < -0.39 is 17.9 Å². The summed E-state index contributed by atoms with van der Waals surface area (Å²) in [4.78, 5) is 24.1. The van der Waals surface area contributed by atoms with Gasteiger partial charge < -0.3 is 29.6 Å². The molecule has 0 aromatic heterocycles. The van der Waals surface area contributed by atoms with Gasteiger partial charge in [0, 0.05) is 41.8 Å². The van der Waals surface area contributed by atoms with Crippen LogP contribution >= 0.6 is 0 Å². The number of hydrogen-bond donors (Lipinski definition) is 1. The Morgan fingerprint density at radius 1 is 0.953 bits per heavy atom. The molecule has 4 rings (SSSR count). The van der Waals surface area contributed by atoms with Crippen molar-refractivity contribution in [2.24, 2.45) is 9.98 Å². The number of aliphatic hydroxyl groups is 1. The predicted molar refractivity (Wildman–Crippen MR) is 159 cm³/mol. The molecule has 1 aliphatic heterocycles. The monoisotopic (exact) mass is 629 g/mol. The summed E-state index contributed by atoms with van der Waals surface area (Å²) in [5, 5.41) is 35.7. The summed E-state index contributed by atoms with van der Waals surface area (Å²) in [5.74, 6) is -1.51. The van der Waals surface area contributed by atoms with Gasteiger partial charge in [-0.15, -0.1) is 0 Å². The third kappa shape index (κ3) is 8.89. The van der Waals surface area contributed by atoms with Crippen LogP contribution in [0.1, 0.15) is 48.3 Å². The number of carboxylic acids is 1. The summed E-state index contributed by atoms with van der Waals surface area (Å²) in [6.07, 6.45) is 3.38. The number of piperidine rings is 1. The Bertz CT molecular complexity index is 1390. The summed E-state index contributed by atoms with van der Waals surface area (Å²) < 4.78 is 10.9. The van der Waals surface area contributed by atoms with Gasteiger partial charge in [0.2, 0.25) is 0 Å². The van der Waals surface area contributed by atoms with Gasteiger partial charge in [0.25, 0.3) is 0 Å². The number of methoxy groups -OCH3 is 2. The Labute approximate surface area is 262 Å². The van der Waals surface area contributed by atoms with Crippen molar-refractivity contribution in [2.45, 2.75) is 37.6 Å². The van der Waals surface area contributed by atoms with E-state index in [1.807, 2.05) is 30.3 Å². The molecular formula is C33H37N3NiO6. The molecule has 3 aromatic rings. The molecule has 10 heteroatoms. The standard InChI is InChI=1S/C33H39N3O6.Ni/c1-41-24-15-16-25(29(21-24)42-2)26(17-20-37)32(33(39)40)35-31(23-11-5-3-6-12-23)27-13-7-8-14-28(27)34-30(38)22-36-18-9-4-10-19-36;/h3,5-8,11-16,21,26,32,37H,4,9-10,17-20,22H2,1-2H3,(H,34,38)(H,39,40);/q;+2/p-2/t26-,32+;/m0./s1. The maximum atomic E-state index is 13.0. The molecule has 1 N–H and O–H groups in total. The fourth-order valence-corrected chi connectivity index (χ4v) is 5.34. The van der Waals surface area contributed by atoms with Crippen molar-refractivity contribution in [3.8, 4) is 11.5 Å². The summed E-state index contributed by atoms with van der Waals surface area (Å²) in [6.45, 7) is 1.68. The number of aliphatic carboxylic acids is 1. The topological polar surface area (TPSA) is 130 Å². The average Bonchev–Trinajstić information content (AvgIpc) is 3.01. The number of nitrogens with zero attached hydrogens (tertiary/aromatic N) is 3. The van der Waals surface area contributed by atoms with E-state index in [0.29, 0.717) is 39.6 Å². The van der Waals surface area contributed by atoms with Crippen LogP contribution in [0.25, 0.3) is 0 Å². The second-order valence-corrected chi connectivity index (χ2v) is 10.2. The number of carbonyl (C=O) groups excluding carboxylic acids is 1. The molecule has 3 aromatic carbocycles. The second-order valence-electron chi connectivity index (χ2n) is 10.2. The molecule has 1 saturated heterocycles. The molecule has 1 aliphatic rings. The van der Waals surface area contributed by atoms with Gasteiger partial charge in [-0.05, 0) is 50.4 Å². The smallest absolute Gasteiger partial charge is 0.861 e. The number of hydrogen-bond acceptors (Lipinski definition) is 9. The Hall–Kier alpha value is -3.72. The number of aliphatic hydroxyl groups excluding tert-OH is 1. The Kier molecular flexibility index (Phi) is 13.2. The zero-order valence-corrected chi connectivity index (χ0v) is 25.4. The average molecular weight is 630 g/mol. The van der Waals surface area contributed by atoms with Crippen LogP contribution in [0.3, 0.4) is 0 Å². The molecular weight excluding hydrogens is 593 g/mol. The van der Waals surface area contributed by atoms with E-state index in [0.717, 1.165) is 25.9 Å². The van der Waals surface area contributed by atoms with E-state index in [1.54, 1.807) is 42.5 Å². The SMILES string of the molecule is COc1ccc([C@H](CCO)[C@@H](N=C(c2ccccc2)c2ccccc2N=C([O-])CN2CCCCC2)C(=O)[O-])c(OC)c1.[Ni+2]. The predicted octanol–water partition coefficient (Wildman–Crippen LogP) is 2.70. The molecule has 2 atom stereocenters. The molecule has 0 bridgehead atoms. The number of carbonyl (C=O) groups is 1. The van der Waals surface area contributed by atoms with Crippen molar-refractivity contribution in [1.82, 2.24) is 4.90 Å². The van der Waals surface area contributed by atoms with Crippen molar-refractivity contribution in [1.29, 1.82) is 0 Å². The van der Waals surface area contributed by atoms with Crippen LogP contribution in [0.2, 0.25) is 0 Å². The van der Waals surface area contributed by atoms with Crippen molar-refractivity contribution < 1.29 is 46.1 Å². The Balaban J connectivity index is 0.00000506. The van der Waals surface area contributed by atoms with E-state index in [2.05, 4.69) is 9.89 Å². The molecule has 0 radical (unpaired) electrons. The number of ether oxygens (including phenoxy) is 2. The summed E-state index contributed by atoms with van der Waals surface area (Å²) in [5.41, 5.74) is 2.48. The normalized spacial score (nSPS) is 15.7. The van der Waals surface area contributed by atoms with E-state index in [1.165, 1.54) is 20.6 Å². The minimum absolute atomic E-state index is 0. The zero-order chi connectivity index (χ0) is 29.9. The fourth-order valence-electron chi connectivity index (χ4n) is 5.34. The second kappa shape index (κ2) is 16.8. The van der Waals surface area contributed by atoms with Crippen LogP contribution in [0, 0.1) is 0 Å². The van der Waals surface area contributed by atoms with E-state index >= 15 is 0 Å². The van der Waals surface area contributed by atoms with Crippen LogP contribution in [0.4, 0.5) is 5.69 Å². The van der Waals surface area contributed by atoms with Crippen molar-refractivity contribution >= 4 is 23.3 Å². The first-order valence-corrected chi connectivity index (χ1v) is 14.2. The number of carboxylic acid groups (broad SMARTS) is 1. The van der Waals surface area contributed by atoms with Crippen LogP contribution < -0.4 is 19.7 Å². The number of aliphatic imine (C=N–C) groups is 2. The van der Waals surface area contributed by atoms with Gasteiger partial charge in [0.15, 0.2) is 0 Å². The fraction of sp³-hybridized carbons (Fsp3) is 0.364. The van der Waals surface area contributed by atoms with Crippen LogP contribution in [0.5, 0.6) is 11.5 Å². The third-order valence-electron chi connectivity index (χ3n) is 7.43. The summed E-state index contributed by atoms with van der Waals surface area (Å²) >= 11 is 0. The number of likely N-dealkylation sites (tertiary alicyclic amines) is 1.